The summed E-state index contributed by atoms with van der Waals surface area (Å²) >= 11 is 2.29. The number of hydrogen-bond donors (Lipinski definition) is 0. The topological polar surface area (TPSA) is 69.9 Å². The molecule has 0 N–H and O–H groups in total. The lowest BCUT2D eigenvalue weighted by molar-refractivity contribution is -0.100. The molecule has 0 amide bonds. The molecule has 0 spiro atoms. The van der Waals surface area contributed by atoms with E-state index in [1.54, 1.807) is 21.3 Å². The summed E-state index contributed by atoms with van der Waals surface area (Å²) in [6.45, 7) is 11.3. The Bertz CT molecular complexity index is 871. The molecule has 0 saturated carbocycles. The molecule has 0 fully saturated rings. The molecule has 0 bridgehead atoms. The van der Waals surface area contributed by atoms with E-state index in [4.69, 9.17) is 23.4 Å². The highest BCUT2D eigenvalue weighted by Gasteiger charge is 2.40. The maximum Gasteiger partial charge on any atom is 0.192 e. The smallest absolute Gasteiger partial charge is 0.192 e. The molecule has 8 heteroatoms. The molecular weight excluding hydrogens is 549 g/mol. The standard InChI is InChI=1S/C25H38INO5Si/c1-25(2,3)33(7,8)32-19-10-12-20(17(15-19)13-14-27)31-24-21(28-4)11-9-18(23(24)26)16-22(29-5)30-6/h9,11,15,19-20,22H,10,12-13,16H2,1-8H3/t19-,20-/m0/s1. The molecule has 1 aromatic rings. The van der Waals surface area contributed by atoms with Gasteiger partial charge in [-0.15, -0.1) is 0 Å². The number of benzene rings is 1. The maximum atomic E-state index is 9.47. The lowest BCUT2D eigenvalue weighted by Gasteiger charge is -2.40. The van der Waals surface area contributed by atoms with Crippen LogP contribution in [-0.2, 0) is 20.3 Å². The fourth-order valence-corrected chi connectivity index (χ4v) is 5.66. The Balaban J connectivity index is 2.31. The van der Waals surface area contributed by atoms with Crippen molar-refractivity contribution in [2.75, 3.05) is 21.3 Å². The van der Waals surface area contributed by atoms with Gasteiger partial charge in [0.05, 0.1) is 29.3 Å². The number of hydrogen-bond acceptors (Lipinski definition) is 6. The van der Waals surface area contributed by atoms with Crippen molar-refractivity contribution in [3.05, 3.63) is 32.9 Å². The summed E-state index contributed by atoms with van der Waals surface area (Å²) < 4.78 is 30.5. The predicted molar refractivity (Wildman–Crippen MR) is 141 cm³/mol. The van der Waals surface area contributed by atoms with E-state index in [0.717, 1.165) is 27.5 Å². The van der Waals surface area contributed by atoms with E-state index in [0.29, 0.717) is 24.3 Å². The zero-order valence-corrected chi connectivity index (χ0v) is 24.3. The number of halogens is 1. The molecular formula is C25H38INO5Si. The number of ether oxygens (including phenoxy) is 4. The molecule has 184 valence electrons. The van der Waals surface area contributed by atoms with Gasteiger partial charge >= 0.3 is 0 Å². The van der Waals surface area contributed by atoms with Gasteiger partial charge in [0.1, 0.15) is 6.10 Å². The average molecular weight is 588 g/mol. The van der Waals surface area contributed by atoms with Gasteiger partial charge in [-0.05, 0) is 70.8 Å². The van der Waals surface area contributed by atoms with Gasteiger partial charge in [0.2, 0.25) is 0 Å². The molecule has 2 rings (SSSR count). The van der Waals surface area contributed by atoms with E-state index >= 15 is 0 Å². The normalized spacial score (nSPS) is 19.2. The zero-order chi connectivity index (χ0) is 24.8. The summed E-state index contributed by atoms with van der Waals surface area (Å²) in [6.07, 6.45) is 4.17. The van der Waals surface area contributed by atoms with Crippen LogP contribution in [0.4, 0.5) is 0 Å². The number of nitrogens with zero attached hydrogens (tertiary/aromatic N) is 1. The highest BCUT2D eigenvalue weighted by atomic mass is 127. The van der Waals surface area contributed by atoms with Gasteiger partial charge in [0.15, 0.2) is 26.1 Å². The molecule has 0 heterocycles. The van der Waals surface area contributed by atoms with E-state index in [2.05, 4.69) is 68.6 Å². The van der Waals surface area contributed by atoms with Crippen LogP contribution in [0.2, 0.25) is 18.1 Å². The minimum Gasteiger partial charge on any atom is -0.493 e. The first-order chi connectivity index (χ1) is 15.5. The third-order valence-corrected chi connectivity index (χ3v) is 12.3. The maximum absolute atomic E-state index is 9.47. The second kappa shape index (κ2) is 12.0. The first kappa shape index (κ1) is 28.1. The van der Waals surface area contributed by atoms with Crippen LogP contribution < -0.4 is 9.47 Å². The van der Waals surface area contributed by atoms with Crippen LogP contribution in [0.1, 0.15) is 45.6 Å². The third-order valence-electron chi connectivity index (χ3n) is 6.60. The Kier molecular flexibility index (Phi) is 10.2. The molecule has 1 aromatic carbocycles. The summed E-state index contributed by atoms with van der Waals surface area (Å²) in [5, 5.41) is 9.61. The lowest BCUT2D eigenvalue weighted by atomic mass is 9.92. The highest BCUT2D eigenvalue weighted by Crippen LogP contribution is 2.41. The van der Waals surface area contributed by atoms with Crippen LogP contribution >= 0.6 is 22.6 Å². The number of nitriles is 1. The first-order valence-electron chi connectivity index (χ1n) is 11.3. The minimum absolute atomic E-state index is 0.0190. The van der Waals surface area contributed by atoms with Gasteiger partial charge in [-0.2, -0.15) is 5.26 Å². The Morgan fingerprint density at radius 2 is 1.82 bits per heavy atom. The molecule has 1 aliphatic rings. The van der Waals surface area contributed by atoms with Gasteiger partial charge in [-0.3, -0.25) is 0 Å². The molecule has 1 aliphatic carbocycles. The Hall–Kier alpha value is -1.12. The largest absolute Gasteiger partial charge is 0.493 e. The summed E-state index contributed by atoms with van der Waals surface area (Å²) in [5.41, 5.74) is 2.03. The van der Waals surface area contributed by atoms with E-state index < -0.39 is 8.32 Å². The monoisotopic (exact) mass is 587 g/mol. The molecule has 0 radical (unpaired) electrons. The van der Waals surface area contributed by atoms with Crippen molar-refractivity contribution in [3.63, 3.8) is 0 Å². The van der Waals surface area contributed by atoms with Crippen LogP contribution in [0.15, 0.2) is 23.8 Å². The number of methoxy groups -OCH3 is 3. The van der Waals surface area contributed by atoms with Gasteiger partial charge in [-0.25, -0.2) is 0 Å². The van der Waals surface area contributed by atoms with Gasteiger partial charge in [-0.1, -0.05) is 32.9 Å². The third kappa shape index (κ3) is 7.18. The van der Waals surface area contributed by atoms with Crippen molar-refractivity contribution in [3.8, 4) is 17.6 Å². The lowest BCUT2D eigenvalue weighted by Crippen LogP contribution is -2.44. The van der Waals surface area contributed by atoms with Crippen molar-refractivity contribution in [2.45, 2.75) is 83.1 Å². The van der Waals surface area contributed by atoms with Crippen LogP contribution in [0, 0.1) is 14.9 Å². The summed E-state index contributed by atoms with van der Waals surface area (Å²) in [4.78, 5) is 0. The van der Waals surface area contributed by atoms with Gasteiger partial charge in [0, 0.05) is 20.6 Å². The Morgan fingerprint density at radius 1 is 1.15 bits per heavy atom. The van der Waals surface area contributed by atoms with Crippen LogP contribution in [-0.4, -0.2) is 48.1 Å². The highest BCUT2D eigenvalue weighted by molar-refractivity contribution is 14.1. The predicted octanol–water partition coefficient (Wildman–Crippen LogP) is 6.23. The van der Waals surface area contributed by atoms with Crippen molar-refractivity contribution in [1.82, 2.24) is 0 Å². The van der Waals surface area contributed by atoms with E-state index in [1.807, 2.05) is 12.1 Å². The quantitative estimate of drug-likeness (QED) is 0.140. The molecule has 0 aliphatic heterocycles. The molecule has 33 heavy (non-hydrogen) atoms. The Labute approximate surface area is 213 Å². The van der Waals surface area contributed by atoms with E-state index in [-0.39, 0.29) is 23.5 Å². The second-order valence-corrected chi connectivity index (χ2v) is 15.7. The fraction of sp³-hybridized carbons (Fsp3) is 0.640. The van der Waals surface area contributed by atoms with Gasteiger partial charge < -0.3 is 23.4 Å². The van der Waals surface area contributed by atoms with Crippen molar-refractivity contribution < 1.29 is 23.4 Å². The average Bonchev–Trinajstić information content (AvgIpc) is 2.75. The summed E-state index contributed by atoms with van der Waals surface area (Å²) in [6, 6.07) is 6.22. The first-order valence-corrected chi connectivity index (χ1v) is 15.3. The second-order valence-electron chi connectivity index (χ2n) is 9.85. The SMILES string of the molecule is COc1ccc(CC(OC)OC)c(I)c1O[C@H]1CC[C@H](O[Si](C)(C)C(C)(C)C)C=C1CC#N. The molecule has 0 aromatic heterocycles. The Morgan fingerprint density at radius 3 is 2.36 bits per heavy atom. The van der Waals surface area contributed by atoms with Crippen molar-refractivity contribution in [1.29, 1.82) is 5.26 Å². The van der Waals surface area contributed by atoms with Crippen molar-refractivity contribution in [2.24, 2.45) is 0 Å². The van der Waals surface area contributed by atoms with Crippen LogP contribution in [0.5, 0.6) is 11.5 Å². The van der Waals surface area contributed by atoms with Crippen molar-refractivity contribution >= 4 is 30.9 Å². The zero-order valence-electron chi connectivity index (χ0n) is 21.2. The minimum atomic E-state index is -1.91. The van der Waals surface area contributed by atoms with Crippen LogP contribution in [0.3, 0.4) is 0 Å². The van der Waals surface area contributed by atoms with E-state index in [1.165, 1.54) is 0 Å². The molecule has 6 nitrogen and oxygen atoms in total. The summed E-state index contributed by atoms with van der Waals surface area (Å²) in [7, 11) is 2.99. The molecule has 0 saturated heterocycles. The molecule has 0 unspecified atom stereocenters. The summed E-state index contributed by atoms with van der Waals surface area (Å²) in [5.74, 6) is 1.37. The van der Waals surface area contributed by atoms with Crippen LogP contribution in [0.25, 0.3) is 0 Å². The van der Waals surface area contributed by atoms with Gasteiger partial charge in [0.25, 0.3) is 0 Å². The number of rotatable bonds is 10. The van der Waals surface area contributed by atoms with E-state index in [9.17, 15) is 5.26 Å². The fourth-order valence-electron chi connectivity index (χ4n) is 3.57. The molecule has 2 atom stereocenters.